The largest absolute Gasteiger partial charge is 0.304 e. The Labute approximate surface area is 93.3 Å². The Morgan fingerprint density at radius 1 is 1.64 bits per heavy atom. The summed E-state index contributed by atoms with van der Waals surface area (Å²) in [6, 6.07) is 0. The summed E-state index contributed by atoms with van der Waals surface area (Å²) in [5.74, 6) is 3.05. The van der Waals surface area contributed by atoms with Gasteiger partial charge < -0.3 is 4.57 Å². The van der Waals surface area contributed by atoms with Gasteiger partial charge in [-0.05, 0) is 43.5 Å². The lowest BCUT2D eigenvalue weighted by molar-refractivity contribution is 0.636. The predicted octanol–water partition coefficient (Wildman–Crippen LogP) is 2.57. The fourth-order valence-electron chi connectivity index (χ4n) is 1.57. The van der Waals surface area contributed by atoms with Crippen LogP contribution in [0.1, 0.15) is 31.0 Å². The number of hydrogen-bond acceptors (Lipinski definition) is 3. The maximum atomic E-state index is 5.21. The molecule has 1 N–H and O–H groups in total. The number of aromatic nitrogens is 3. The van der Waals surface area contributed by atoms with Crippen LogP contribution in [0.2, 0.25) is 0 Å². The van der Waals surface area contributed by atoms with Crippen molar-refractivity contribution < 1.29 is 0 Å². The van der Waals surface area contributed by atoms with Gasteiger partial charge in [0.2, 0.25) is 0 Å². The van der Waals surface area contributed by atoms with Crippen molar-refractivity contribution in [2.24, 2.45) is 0 Å². The number of nitrogens with zero attached hydrogens (tertiary/aromatic N) is 2. The molecule has 2 rings (SSSR count). The highest BCUT2D eigenvalue weighted by molar-refractivity contribution is 7.98. The molecule has 1 heterocycles. The summed E-state index contributed by atoms with van der Waals surface area (Å²) in [5, 5.41) is 7.19. The monoisotopic (exact) mass is 229 g/mol. The zero-order valence-corrected chi connectivity index (χ0v) is 9.96. The second-order valence-corrected chi connectivity index (χ2v) is 5.03. The Morgan fingerprint density at radius 3 is 3.07 bits per heavy atom. The van der Waals surface area contributed by atoms with E-state index < -0.39 is 0 Å². The number of rotatable bonds is 5. The van der Waals surface area contributed by atoms with E-state index in [1.807, 2.05) is 11.8 Å². The predicted molar refractivity (Wildman–Crippen MR) is 62.4 cm³/mol. The van der Waals surface area contributed by atoms with Crippen molar-refractivity contribution in [1.82, 2.24) is 14.8 Å². The van der Waals surface area contributed by atoms with Crippen molar-refractivity contribution in [3.63, 3.8) is 0 Å². The normalized spacial score (nSPS) is 16.1. The van der Waals surface area contributed by atoms with Crippen molar-refractivity contribution in [1.29, 1.82) is 0 Å². The van der Waals surface area contributed by atoms with Crippen LogP contribution >= 0.6 is 24.0 Å². The quantitative estimate of drug-likeness (QED) is 0.622. The van der Waals surface area contributed by atoms with Gasteiger partial charge in [-0.25, -0.2) is 0 Å². The fraction of sp³-hybridized carbons (Fsp3) is 0.778. The molecule has 1 aromatic rings. The molecule has 0 atom stereocenters. The Hall–Kier alpha value is -0.290. The molecule has 1 aliphatic carbocycles. The van der Waals surface area contributed by atoms with Gasteiger partial charge in [0.25, 0.3) is 0 Å². The van der Waals surface area contributed by atoms with Gasteiger partial charge in [-0.1, -0.05) is 0 Å². The van der Waals surface area contributed by atoms with E-state index in [0.717, 1.165) is 11.3 Å². The molecule has 0 spiro atoms. The minimum Gasteiger partial charge on any atom is -0.304 e. The Morgan fingerprint density at radius 2 is 2.43 bits per heavy atom. The fourth-order valence-corrected chi connectivity index (χ4v) is 2.21. The van der Waals surface area contributed by atoms with E-state index in [-0.39, 0.29) is 0 Å². The average Bonchev–Trinajstić information content (AvgIpc) is 2.95. The molecule has 0 radical (unpaired) electrons. The first kappa shape index (κ1) is 10.2. The Balaban J connectivity index is 2.05. The van der Waals surface area contributed by atoms with Gasteiger partial charge in [-0.15, -0.1) is 0 Å². The van der Waals surface area contributed by atoms with E-state index >= 15 is 0 Å². The molecule has 14 heavy (non-hydrogen) atoms. The van der Waals surface area contributed by atoms with Crippen LogP contribution in [0.15, 0.2) is 0 Å². The summed E-state index contributed by atoms with van der Waals surface area (Å²) in [6.07, 6.45) is 5.87. The van der Waals surface area contributed by atoms with E-state index in [2.05, 4.69) is 21.0 Å². The summed E-state index contributed by atoms with van der Waals surface area (Å²) in [4.78, 5) is 0. The molecule has 0 unspecified atom stereocenters. The molecule has 1 saturated carbocycles. The number of hydrogen-bond donors (Lipinski definition) is 1. The van der Waals surface area contributed by atoms with Crippen molar-refractivity contribution in [2.45, 2.75) is 31.7 Å². The number of H-pyrrole nitrogens is 1. The highest BCUT2D eigenvalue weighted by Crippen LogP contribution is 2.38. The first-order valence-corrected chi connectivity index (χ1v) is 6.77. The number of aromatic amines is 1. The van der Waals surface area contributed by atoms with E-state index in [4.69, 9.17) is 12.2 Å². The molecule has 0 aromatic carbocycles. The minimum atomic E-state index is 0.678. The van der Waals surface area contributed by atoms with Crippen molar-refractivity contribution in [3.8, 4) is 0 Å². The molecule has 3 nitrogen and oxygen atoms in total. The lowest BCUT2D eigenvalue weighted by Gasteiger charge is -2.04. The van der Waals surface area contributed by atoms with Crippen LogP contribution in [-0.2, 0) is 6.54 Å². The van der Waals surface area contributed by atoms with Gasteiger partial charge in [0.1, 0.15) is 5.82 Å². The third kappa shape index (κ3) is 2.20. The zero-order valence-electron chi connectivity index (χ0n) is 8.32. The number of thioether (sulfide) groups is 1. The summed E-state index contributed by atoms with van der Waals surface area (Å²) >= 11 is 7.09. The van der Waals surface area contributed by atoms with Crippen LogP contribution in [-0.4, -0.2) is 26.8 Å². The highest BCUT2D eigenvalue weighted by atomic mass is 32.2. The van der Waals surface area contributed by atoms with E-state index in [9.17, 15) is 0 Å². The average molecular weight is 229 g/mol. The van der Waals surface area contributed by atoms with Gasteiger partial charge in [0.05, 0.1) is 0 Å². The molecule has 0 saturated heterocycles. The summed E-state index contributed by atoms with van der Waals surface area (Å²) in [6.45, 7) is 1.02. The van der Waals surface area contributed by atoms with Crippen LogP contribution in [0.25, 0.3) is 0 Å². The third-order valence-electron chi connectivity index (χ3n) is 2.46. The number of nitrogens with one attached hydrogen (secondary N) is 1. The molecule has 1 aliphatic rings. The molecular formula is C9H15N3S2. The van der Waals surface area contributed by atoms with E-state index in [0.29, 0.717) is 5.92 Å². The molecule has 0 bridgehead atoms. The maximum absolute atomic E-state index is 5.21. The molecule has 5 heteroatoms. The first-order valence-electron chi connectivity index (χ1n) is 4.97. The van der Waals surface area contributed by atoms with Gasteiger partial charge in [-0.3, -0.25) is 5.10 Å². The zero-order chi connectivity index (χ0) is 9.97. The lowest BCUT2D eigenvalue weighted by atomic mass is 10.4. The standard InChI is InChI=1S/C9H15N3S2/c1-14-6-2-5-12-8(7-3-4-7)10-11-9(12)13/h7H,2-6H2,1H3,(H,11,13). The highest BCUT2D eigenvalue weighted by Gasteiger charge is 2.28. The van der Waals surface area contributed by atoms with E-state index in [1.165, 1.54) is 30.8 Å². The molecule has 0 aliphatic heterocycles. The van der Waals surface area contributed by atoms with Crippen LogP contribution in [0.3, 0.4) is 0 Å². The molecule has 78 valence electrons. The van der Waals surface area contributed by atoms with Crippen molar-refractivity contribution in [2.75, 3.05) is 12.0 Å². The first-order chi connectivity index (χ1) is 6.83. The molecular weight excluding hydrogens is 214 g/mol. The summed E-state index contributed by atoms with van der Waals surface area (Å²) in [7, 11) is 0. The van der Waals surface area contributed by atoms with Crippen LogP contribution in [0, 0.1) is 4.77 Å². The minimum absolute atomic E-state index is 0.678. The summed E-state index contributed by atoms with van der Waals surface area (Å²) < 4.78 is 2.96. The lowest BCUT2D eigenvalue weighted by Crippen LogP contribution is -2.04. The third-order valence-corrected chi connectivity index (χ3v) is 3.47. The smallest absolute Gasteiger partial charge is 0.195 e. The molecule has 1 fully saturated rings. The van der Waals surface area contributed by atoms with Crippen LogP contribution < -0.4 is 0 Å². The second kappa shape index (κ2) is 4.49. The van der Waals surface area contributed by atoms with Gasteiger partial charge >= 0.3 is 0 Å². The topological polar surface area (TPSA) is 33.6 Å². The van der Waals surface area contributed by atoms with Gasteiger partial charge in [0.15, 0.2) is 4.77 Å². The van der Waals surface area contributed by atoms with Crippen LogP contribution in [0.4, 0.5) is 0 Å². The van der Waals surface area contributed by atoms with E-state index in [1.54, 1.807) is 0 Å². The van der Waals surface area contributed by atoms with Crippen molar-refractivity contribution in [3.05, 3.63) is 10.6 Å². The Bertz CT molecular complexity index is 351. The molecule has 1 aromatic heterocycles. The van der Waals surface area contributed by atoms with Crippen LogP contribution in [0.5, 0.6) is 0 Å². The summed E-state index contributed by atoms with van der Waals surface area (Å²) in [5.41, 5.74) is 0. The maximum Gasteiger partial charge on any atom is 0.195 e. The van der Waals surface area contributed by atoms with Gasteiger partial charge in [-0.2, -0.15) is 16.9 Å². The van der Waals surface area contributed by atoms with Crippen molar-refractivity contribution >= 4 is 24.0 Å². The Kier molecular flexibility index (Phi) is 3.28. The SMILES string of the molecule is CSCCCn1c(C2CC2)n[nH]c1=S. The second-order valence-electron chi connectivity index (χ2n) is 3.66. The molecule has 0 amide bonds. The van der Waals surface area contributed by atoms with Gasteiger partial charge in [0, 0.05) is 12.5 Å².